The third-order valence-electron chi connectivity index (χ3n) is 4.31. The predicted octanol–water partition coefficient (Wildman–Crippen LogP) is 0.826. The van der Waals surface area contributed by atoms with Crippen LogP contribution in [0.5, 0.6) is 0 Å². The Kier molecular flexibility index (Phi) is 3.69. The first-order valence-electron chi connectivity index (χ1n) is 7.87. The Bertz CT molecular complexity index is 627. The molecule has 0 radical (unpaired) electrons. The smallest absolute Gasteiger partial charge is 0.160 e. The van der Waals surface area contributed by atoms with Crippen molar-refractivity contribution in [3.8, 4) is 11.5 Å². The zero-order chi connectivity index (χ0) is 14.9. The average Bonchev–Trinajstić information content (AvgIpc) is 3.25. The summed E-state index contributed by atoms with van der Waals surface area (Å²) in [7, 11) is 0. The molecule has 22 heavy (non-hydrogen) atoms. The molecule has 7 heteroatoms. The highest BCUT2D eigenvalue weighted by molar-refractivity contribution is 5.51. The third kappa shape index (κ3) is 2.35. The highest BCUT2D eigenvalue weighted by Gasteiger charge is 2.32. The summed E-state index contributed by atoms with van der Waals surface area (Å²) < 4.78 is 15.6. The van der Waals surface area contributed by atoms with Crippen LogP contribution in [-0.4, -0.2) is 51.8 Å². The average molecular weight is 303 g/mol. The van der Waals surface area contributed by atoms with Crippen LogP contribution in [0.3, 0.4) is 0 Å². The van der Waals surface area contributed by atoms with Crippen LogP contribution in [0.2, 0.25) is 0 Å². The molecule has 2 aliphatic heterocycles. The molecule has 0 aromatic carbocycles. The molecule has 1 N–H and O–H groups in total. The SMILES string of the molecule is CCO[C@@H]1COC[C@H]1n1ccnc1-c1cc2n(n1)CCNC2. The summed E-state index contributed by atoms with van der Waals surface area (Å²) in [6, 6.07) is 2.28. The molecule has 1 fully saturated rings. The second-order valence-corrected chi connectivity index (χ2v) is 5.68. The van der Waals surface area contributed by atoms with E-state index in [1.54, 1.807) is 0 Å². The molecule has 0 unspecified atom stereocenters. The van der Waals surface area contributed by atoms with Crippen LogP contribution < -0.4 is 5.32 Å². The number of imidazole rings is 1. The maximum Gasteiger partial charge on any atom is 0.160 e. The van der Waals surface area contributed by atoms with Crippen LogP contribution in [0.4, 0.5) is 0 Å². The summed E-state index contributed by atoms with van der Waals surface area (Å²) in [4.78, 5) is 4.52. The van der Waals surface area contributed by atoms with E-state index in [0.717, 1.165) is 31.2 Å². The number of fused-ring (bicyclic) bond motifs is 1. The molecule has 2 aromatic rings. The lowest BCUT2D eigenvalue weighted by molar-refractivity contribution is 0.0364. The van der Waals surface area contributed by atoms with E-state index in [1.165, 1.54) is 5.69 Å². The summed E-state index contributed by atoms with van der Waals surface area (Å²) in [5.74, 6) is 0.891. The van der Waals surface area contributed by atoms with E-state index in [1.807, 2.05) is 19.3 Å². The van der Waals surface area contributed by atoms with Crippen molar-refractivity contribution in [2.45, 2.75) is 32.2 Å². The van der Waals surface area contributed by atoms with Crippen molar-refractivity contribution in [2.24, 2.45) is 0 Å². The summed E-state index contributed by atoms with van der Waals surface area (Å²) in [6.45, 7) is 6.74. The minimum Gasteiger partial charge on any atom is -0.376 e. The highest BCUT2D eigenvalue weighted by atomic mass is 16.5. The van der Waals surface area contributed by atoms with Crippen LogP contribution in [0.15, 0.2) is 18.5 Å². The molecule has 2 aliphatic rings. The van der Waals surface area contributed by atoms with Gasteiger partial charge in [-0.2, -0.15) is 5.10 Å². The van der Waals surface area contributed by atoms with Gasteiger partial charge in [0.05, 0.1) is 31.5 Å². The first-order chi connectivity index (χ1) is 10.9. The zero-order valence-electron chi connectivity index (χ0n) is 12.7. The first kappa shape index (κ1) is 13.9. The quantitative estimate of drug-likeness (QED) is 0.906. The lowest BCUT2D eigenvalue weighted by Crippen LogP contribution is -2.28. The number of hydrogen-bond acceptors (Lipinski definition) is 5. The van der Waals surface area contributed by atoms with Gasteiger partial charge in [0.15, 0.2) is 5.82 Å². The second-order valence-electron chi connectivity index (χ2n) is 5.68. The Labute approximate surface area is 129 Å². The number of rotatable bonds is 4. The third-order valence-corrected chi connectivity index (χ3v) is 4.31. The van der Waals surface area contributed by atoms with Crippen molar-refractivity contribution in [3.63, 3.8) is 0 Å². The maximum atomic E-state index is 5.80. The van der Waals surface area contributed by atoms with Gasteiger partial charge in [-0.05, 0) is 13.0 Å². The van der Waals surface area contributed by atoms with Crippen LogP contribution in [-0.2, 0) is 22.6 Å². The number of ether oxygens (including phenoxy) is 2. The maximum absolute atomic E-state index is 5.80. The summed E-state index contributed by atoms with van der Waals surface area (Å²) >= 11 is 0. The molecular formula is C15H21N5O2. The van der Waals surface area contributed by atoms with E-state index in [2.05, 4.69) is 25.6 Å². The van der Waals surface area contributed by atoms with Gasteiger partial charge in [0.1, 0.15) is 11.8 Å². The van der Waals surface area contributed by atoms with Gasteiger partial charge in [0.2, 0.25) is 0 Å². The molecule has 0 aliphatic carbocycles. The van der Waals surface area contributed by atoms with Crippen LogP contribution >= 0.6 is 0 Å². The second kappa shape index (κ2) is 5.83. The van der Waals surface area contributed by atoms with Gasteiger partial charge in [0.25, 0.3) is 0 Å². The van der Waals surface area contributed by atoms with Crippen molar-refractivity contribution in [1.29, 1.82) is 0 Å². The molecule has 0 saturated carbocycles. The number of hydrogen-bond donors (Lipinski definition) is 1. The van der Waals surface area contributed by atoms with Gasteiger partial charge in [-0.3, -0.25) is 4.68 Å². The molecule has 4 heterocycles. The summed E-state index contributed by atoms with van der Waals surface area (Å²) in [5.41, 5.74) is 2.13. The van der Waals surface area contributed by atoms with E-state index in [-0.39, 0.29) is 12.1 Å². The Morgan fingerprint density at radius 3 is 3.27 bits per heavy atom. The normalized spacial score (nSPS) is 24.6. The number of nitrogens with zero attached hydrogens (tertiary/aromatic N) is 4. The van der Waals surface area contributed by atoms with Gasteiger partial charge in [-0.25, -0.2) is 4.98 Å². The molecule has 0 amide bonds. The number of aromatic nitrogens is 4. The minimum atomic E-state index is 0.0804. The lowest BCUT2D eigenvalue weighted by Gasteiger charge is -2.20. The molecule has 0 bridgehead atoms. The predicted molar refractivity (Wildman–Crippen MR) is 80.4 cm³/mol. The van der Waals surface area contributed by atoms with Crippen molar-refractivity contribution < 1.29 is 9.47 Å². The van der Waals surface area contributed by atoms with Gasteiger partial charge >= 0.3 is 0 Å². The molecule has 0 spiro atoms. The zero-order valence-corrected chi connectivity index (χ0v) is 12.7. The van der Waals surface area contributed by atoms with Gasteiger partial charge in [-0.15, -0.1) is 0 Å². The fraction of sp³-hybridized carbons (Fsp3) is 0.600. The molecular weight excluding hydrogens is 282 g/mol. The molecule has 118 valence electrons. The lowest BCUT2D eigenvalue weighted by atomic mass is 10.2. The van der Waals surface area contributed by atoms with Gasteiger partial charge < -0.3 is 19.4 Å². The van der Waals surface area contributed by atoms with Gasteiger partial charge in [0, 0.05) is 32.1 Å². The van der Waals surface area contributed by atoms with E-state index in [4.69, 9.17) is 14.6 Å². The fourth-order valence-electron chi connectivity index (χ4n) is 3.24. The van der Waals surface area contributed by atoms with Crippen molar-refractivity contribution in [1.82, 2.24) is 24.6 Å². The molecule has 1 saturated heterocycles. The van der Waals surface area contributed by atoms with Crippen molar-refractivity contribution in [3.05, 3.63) is 24.2 Å². The Morgan fingerprint density at radius 2 is 2.41 bits per heavy atom. The van der Waals surface area contributed by atoms with E-state index >= 15 is 0 Å². The van der Waals surface area contributed by atoms with Crippen LogP contribution in [0.1, 0.15) is 18.7 Å². The molecule has 4 rings (SSSR count). The number of nitrogens with one attached hydrogen (secondary N) is 1. The standard InChI is InChI=1S/C15H21N5O2/c1-2-22-14-10-21-9-13(14)19-5-4-17-15(19)12-7-11-8-16-3-6-20(11)18-12/h4-5,7,13-14,16H,2-3,6,8-10H2,1H3/t13-,14-/m1/s1. The topological polar surface area (TPSA) is 66.1 Å². The largest absolute Gasteiger partial charge is 0.376 e. The molecule has 2 aromatic heterocycles. The highest BCUT2D eigenvalue weighted by Crippen LogP contribution is 2.28. The Morgan fingerprint density at radius 1 is 1.45 bits per heavy atom. The first-order valence-corrected chi connectivity index (χ1v) is 7.87. The van der Waals surface area contributed by atoms with E-state index < -0.39 is 0 Å². The molecule has 2 atom stereocenters. The van der Waals surface area contributed by atoms with Crippen molar-refractivity contribution in [2.75, 3.05) is 26.4 Å². The molecule has 7 nitrogen and oxygen atoms in total. The minimum absolute atomic E-state index is 0.0804. The fourth-order valence-corrected chi connectivity index (χ4v) is 3.24. The van der Waals surface area contributed by atoms with Crippen molar-refractivity contribution >= 4 is 0 Å². The van der Waals surface area contributed by atoms with Crippen LogP contribution in [0, 0.1) is 0 Å². The summed E-state index contributed by atoms with van der Waals surface area (Å²) in [6.07, 6.45) is 3.90. The Balaban J connectivity index is 1.66. The monoisotopic (exact) mass is 303 g/mol. The Hall–Kier alpha value is -1.70. The summed E-state index contributed by atoms with van der Waals surface area (Å²) in [5, 5.41) is 8.07. The van der Waals surface area contributed by atoms with E-state index in [0.29, 0.717) is 19.8 Å². The van der Waals surface area contributed by atoms with Gasteiger partial charge in [-0.1, -0.05) is 0 Å². The van der Waals surface area contributed by atoms with Crippen LogP contribution in [0.25, 0.3) is 11.5 Å². The van der Waals surface area contributed by atoms with E-state index in [9.17, 15) is 0 Å².